The summed E-state index contributed by atoms with van der Waals surface area (Å²) in [7, 11) is 0. The van der Waals surface area contributed by atoms with Gasteiger partial charge in [0.25, 0.3) is 5.91 Å². The minimum absolute atomic E-state index is 0.0839. The number of carbonyl (C=O) groups excluding carboxylic acids is 1. The molecule has 0 unspecified atom stereocenters. The molecule has 1 aromatic carbocycles. The summed E-state index contributed by atoms with van der Waals surface area (Å²) in [4.78, 5) is 16.8. The fourth-order valence-corrected chi connectivity index (χ4v) is 2.83. The third-order valence-corrected chi connectivity index (χ3v) is 4.51. The van der Waals surface area contributed by atoms with E-state index in [2.05, 4.69) is 44.7 Å². The third kappa shape index (κ3) is 4.71. The second-order valence-electron chi connectivity index (χ2n) is 7.29. The SMILES string of the molecule is CCN1CCN(C(=O)[C@@H](C)Oc2ccc(C(C)(C)C)cc2)CC1. The summed E-state index contributed by atoms with van der Waals surface area (Å²) in [6.45, 7) is 15.1. The summed E-state index contributed by atoms with van der Waals surface area (Å²) >= 11 is 0. The average Bonchev–Trinajstić information content (AvgIpc) is 2.54. The average molecular weight is 318 g/mol. The minimum Gasteiger partial charge on any atom is -0.481 e. The van der Waals surface area contributed by atoms with Crippen LogP contribution < -0.4 is 4.74 Å². The molecule has 0 saturated carbocycles. The van der Waals surface area contributed by atoms with Gasteiger partial charge in [0.15, 0.2) is 6.10 Å². The molecule has 1 atom stereocenters. The van der Waals surface area contributed by atoms with Gasteiger partial charge in [0, 0.05) is 26.2 Å². The first-order chi connectivity index (χ1) is 10.8. The van der Waals surface area contributed by atoms with Gasteiger partial charge in [0.2, 0.25) is 0 Å². The topological polar surface area (TPSA) is 32.8 Å². The molecule has 1 aromatic rings. The molecule has 0 spiro atoms. The molecule has 1 aliphatic heterocycles. The zero-order chi connectivity index (χ0) is 17.0. The molecular formula is C19H30N2O2. The van der Waals surface area contributed by atoms with Crippen molar-refractivity contribution in [1.82, 2.24) is 9.80 Å². The molecule has 0 radical (unpaired) electrons. The number of likely N-dealkylation sites (N-methyl/N-ethyl adjacent to an activating group) is 1. The van der Waals surface area contributed by atoms with Crippen molar-refractivity contribution < 1.29 is 9.53 Å². The maximum atomic E-state index is 12.5. The summed E-state index contributed by atoms with van der Waals surface area (Å²) < 4.78 is 5.85. The molecule has 0 N–H and O–H groups in total. The van der Waals surface area contributed by atoms with E-state index in [0.717, 1.165) is 38.5 Å². The zero-order valence-electron chi connectivity index (χ0n) is 15.1. The quantitative estimate of drug-likeness (QED) is 0.856. The number of ether oxygens (including phenoxy) is 1. The maximum absolute atomic E-state index is 12.5. The summed E-state index contributed by atoms with van der Waals surface area (Å²) in [5.74, 6) is 0.840. The van der Waals surface area contributed by atoms with Gasteiger partial charge < -0.3 is 14.5 Å². The van der Waals surface area contributed by atoms with Crippen LogP contribution in [0.5, 0.6) is 5.75 Å². The van der Waals surface area contributed by atoms with Gasteiger partial charge in [-0.25, -0.2) is 0 Å². The molecule has 23 heavy (non-hydrogen) atoms. The van der Waals surface area contributed by atoms with Gasteiger partial charge in [0.05, 0.1) is 0 Å². The molecule has 1 amide bonds. The lowest BCUT2D eigenvalue weighted by molar-refractivity contribution is -0.139. The van der Waals surface area contributed by atoms with Gasteiger partial charge in [0.1, 0.15) is 5.75 Å². The van der Waals surface area contributed by atoms with Gasteiger partial charge in [-0.15, -0.1) is 0 Å². The van der Waals surface area contributed by atoms with Crippen LogP contribution in [0.3, 0.4) is 0 Å². The van der Waals surface area contributed by atoms with Crippen LogP contribution in [-0.4, -0.2) is 54.5 Å². The van der Waals surface area contributed by atoms with Crippen molar-refractivity contribution in [2.24, 2.45) is 0 Å². The van der Waals surface area contributed by atoms with E-state index in [0.29, 0.717) is 0 Å². The molecule has 4 nitrogen and oxygen atoms in total. The standard InChI is InChI=1S/C19H30N2O2/c1-6-20-11-13-21(14-12-20)18(22)15(2)23-17-9-7-16(8-10-17)19(3,4)5/h7-10,15H,6,11-14H2,1-5H3/t15-/m1/s1. The van der Waals surface area contributed by atoms with Crippen LogP contribution in [-0.2, 0) is 10.2 Å². The molecule has 1 aliphatic rings. The van der Waals surface area contributed by atoms with Crippen LogP contribution >= 0.6 is 0 Å². The van der Waals surface area contributed by atoms with E-state index < -0.39 is 6.10 Å². The van der Waals surface area contributed by atoms with Crippen LogP contribution in [0.4, 0.5) is 0 Å². The molecule has 4 heteroatoms. The number of hydrogen-bond acceptors (Lipinski definition) is 3. The Labute approximate surface area is 140 Å². The van der Waals surface area contributed by atoms with Crippen molar-refractivity contribution >= 4 is 5.91 Å². The van der Waals surface area contributed by atoms with E-state index in [1.165, 1.54) is 5.56 Å². The first kappa shape index (κ1) is 17.8. The Kier molecular flexibility index (Phi) is 5.69. The van der Waals surface area contributed by atoms with Gasteiger partial charge in [-0.2, -0.15) is 0 Å². The summed E-state index contributed by atoms with van der Waals surface area (Å²) in [6, 6.07) is 8.07. The molecule has 0 bridgehead atoms. The Balaban J connectivity index is 1.91. The lowest BCUT2D eigenvalue weighted by Gasteiger charge is -2.35. The highest BCUT2D eigenvalue weighted by molar-refractivity contribution is 5.81. The Hall–Kier alpha value is -1.55. The second kappa shape index (κ2) is 7.35. The van der Waals surface area contributed by atoms with Crippen molar-refractivity contribution in [2.75, 3.05) is 32.7 Å². The Bertz CT molecular complexity index is 511. The number of benzene rings is 1. The number of piperazine rings is 1. The number of rotatable bonds is 4. The Morgan fingerprint density at radius 3 is 2.17 bits per heavy atom. The highest BCUT2D eigenvalue weighted by Crippen LogP contribution is 2.24. The van der Waals surface area contributed by atoms with Crippen molar-refractivity contribution in [2.45, 2.75) is 46.1 Å². The molecule has 1 fully saturated rings. The number of amides is 1. The van der Waals surface area contributed by atoms with Gasteiger partial charge in [-0.05, 0) is 36.6 Å². The van der Waals surface area contributed by atoms with Crippen LogP contribution in [0.25, 0.3) is 0 Å². The fraction of sp³-hybridized carbons (Fsp3) is 0.632. The van der Waals surface area contributed by atoms with Crippen LogP contribution in [0.2, 0.25) is 0 Å². The van der Waals surface area contributed by atoms with E-state index >= 15 is 0 Å². The second-order valence-corrected chi connectivity index (χ2v) is 7.29. The van der Waals surface area contributed by atoms with Crippen molar-refractivity contribution in [3.05, 3.63) is 29.8 Å². The molecule has 0 aromatic heterocycles. The van der Waals surface area contributed by atoms with Crippen molar-refractivity contribution in [1.29, 1.82) is 0 Å². The molecule has 128 valence electrons. The highest BCUT2D eigenvalue weighted by Gasteiger charge is 2.25. The van der Waals surface area contributed by atoms with Crippen LogP contribution in [0.15, 0.2) is 24.3 Å². The predicted molar refractivity (Wildman–Crippen MR) is 93.9 cm³/mol. The Morgan fingerprint density at radius 2 is 1.70 bits per heavy atom. The minimum atomic E-state index is -0.441. The third-order valence-electron chi connectivity index (χ3n) is 4.51. The molecule has 2 rings (SSSR count). The van der Waals surface area contributed by atoms with Gasteiger partial charge in [-0.3, -0.25) is 4.79 Å². The molecule has 1 saturated heterocycles. The lowest BCUT2D eigenvalue weighted by Crippen LogP contribution is -2.51. The Morgan fingerprint density at radius 1 is 1.13 bits per heavy atom. The summed E-state index contributed by atoms with van der Waals surface area (Å²) in [6.07, 6.45) is -0.441. The fourth-order valence-electron chi connectivity index (χ4n) is 2.83. The van der Waals surface area contributed by atoms with E-state index in [9.17, 15) is 4.79 Å². The first-order valence-corrected chi connectivity index (χ1v) is 8.59. The van der Waals surface area contributed by atoms with E-state index in [1.54, 1.807) is 0 Å². The number of nitrogens with zero attached hydrogens (tertiary/aromatic N) is 2. The number of carbonyl (C=O) groups is 1. The van der Waals surface area contributed by atoms with Gasteiger partial charge in [-0.1, -0.05) is 39.8 Å². The normalized spacial score (nSPS) is 17.9. The van der Waals surface area contributed by atoms with Crippen molar-refractivity contribution in [3.8, 4) is 5.75 Å². The van der Waals surface area contributed by atoms with E-state index in [-0.39, 0.29) is 11.3 Å². The largest absolute Gasteiger partial charge is 0.481 e. The summed E-state index contributed by atoms with van der Waals surface area (Å²) in [5.41, 5.74) is 1.39. The number of hydrogen-bond donors (Lipinski definition) is 0. The van der Waals surface area contributed by atoms with Crippen LogP contribution in [0, 0.1) is 0 Å². The monoisotopic (exact) mass is 318 g/mol. The first-order valence-electron chi connectivity index (χ1n) is 8.59. The van der Waals surface area contributed by atoms with E-state index in [1.807, 2.05) is 24.0 Å². The maximum Gasteiger partial charge on any atom is 0.263 e. The molecule has 1 heterocycles. The van der Waals surface area contributed by atoms with Crippen molar-refractivity contribution in [3.63, 3.8) is 0 Å². The van der Waals surface area contributed by atoms with Crippen LogP contribution in [0.1, 0.15) is 40.2 Å². The molecular weight excluding hydrogens is 288 g/mol. The smallest absolute Gasteiger partial charge is 0.263 e. The lowest BCUT2D eigenvalue weighted by atomic mass is 9.87. The van der Waals surface area contributed by atoms with Gasteiger partial charge >= 0.3 is 0 Å². The zero-order valence-corrected chi connectivity index (χ0v) is 15.1. The summed E-state index contributed by atoms with van der Waals surface area (Å²) in [5, 5.41) is 0. The predicted octanol–water partition coefficient (Wildman–Crippen LogP) is 2.92. The van der Waals surface area contributed by atoms with E-state index in [4.69, 9.17) is 4.74 Å². The highest BCUT2D eigenvalue weighted by atomic mass is 16.5. The molecule has 0 aliphatic carbocycles.